The van der Waals surface area contributed by atoms with Gasteiger partial charge in [0.05, 0.1) is 18.8 Å². The van der Waals surface area contributed by atoms with E-state index in [2.05, 4.69) is 55.6 Å². The molecule has 6 nitrogen and oxygen atoms in total. The van der Waals surface area contributed by atoms with Gasteiger partial charge in [-0.1, -0.05) is 269 Å². The van der Waals surface area contributed by atoms with Crippen molar-refractivity contribution in [1.29, 1.82) is 0 Å². The predicted octanol–water partition coefficient (Wildman–Crippen LogP) is 17.2. The topological polar surface area (TPSA) is 110 Å². The maximum absolute atomic E-state index is 12.6. The first-order valence-corrected chi connectivity index (χ1v) is 29.4. The van der Waals surface area contributed by atoms with Gasteiger partial charge in [0.15, 0.2) is 0 Å². The maximum Gasteiger partial charge on any atom is 0.249 e. The Kier molecular flexibility index (Phi) is 53.3. The largest absolute Gasteiger partial charge is 0.394 e. The predicted molar refractivity (Wildman–Crippen MR) is 288 cm³/mol. The zero-order valence-corrected chi connectivity index (χ0v) is 44.2. The fourth-order valence-corrected chi connectivity index (χ4v) is 9.18. The van der Waals surface area contributed by atoms with Crippen LogP contribution in [0.25, 0.3) is 0 Å². The molecule has 66 heavy (non-hydrogen) atoms. The van der Waals surface area contributed by atoms with Crippen LogP contribution in [0.3, 0.4) is 0 Å². The highest BCUT2D eigenvalue weighted by Gasteiger charge is 2.28. The third-order valence-corrected chi connectivity index (χ3v) is 13.8. The van der Waals surface area contributed by atoms with Crippen LogP contribution in [0.4, 0.5) is 0 Å². The molecule has 0 aromatic heterocycles. The summed E-state index contributed by atoms with van der Waals surface area (Å²) in [7, 11) is 0. The number of nitrogens with one attached hydrogen (secondary N) is 1. The van der Waals surface area contributed by atoms with Crippen LogP contribution in [0, 0.1) is 0 Å². The highest BCUT2D eigenvalue weighted by atomic mass is 16.3. The minimum absolute atomic E-state index is 0.353. The van der Waals surface area contributed by atoms with E-state index < -0.39 is 36.9 Å². The van der Waals surface area contributed by atoms with Crippen molar-refractivity contribution in [3.8, 4) is 0 Å². The molecule has 390 valence electrons. The number of amides is 1. The lowest BCUT2D eigenvalue weighted by Gasteiger charge is -2.27. The molecule has 0 heterocycles. The summed E-state index contributed by atoms with van der Waals surface area (Å²) in [5.74, 6) is -0.599. The molecule has 0 saturated heterocycles. The van der Waals surface area contributed by atoms with Crippen LogP contribution in [0.2, 0.25) is 0 Å². The summed E-state index contributed by atoms with van der Waals surface area (Å²) in [6.45, 7) is 4.07. The van der Waals surface area contributed by atoms with Gasteiger partial charge in [0, 0.05) is 0 Å². The molecule has 0 saturated carbocycles. The first-order chi connectivity index (χ1) is 32.5. The van der Waals surface area contributed by atoms with Crippen LogP contribution in [0.1, 0.15) is 309 Å². The van der Waals surface area contributed by atoms with Gasteiger partial charge in [0.1, 0.15) is 12.2 Å². The highest BCUT2D eigenvalue weighted by molar-refractivity contribution is 5.80. The Morgan fingerprint density at radius 1 is 0.364 bits per heavy atom. The smallest absolute Gasteiger partial charge is 0.249 e. The minimum Gasteiger partial charge on any atom is -0.394 e. The summed E-state index contributed by atoms with van der Waals surface area (Å²) in [4.78, 5) is 12.6. The molecular weight excluding hydrogens is 815 g/mol. The Hall–Kier alpha value is -1.47. The standard InChI is InChI=1S/C60H115NO5/c1-3-5-7-9-11-13-15-17-19-21-23-25-26-27-28-29-30-31-32-34-35-37-39-41-43-45-47-49-51-53-57(63)59(65)56(55-62)61-60(66)58(64)54-52-50-48-46-44-42-40-38-36-33-24-22-20-18-16-14-12-10-8-6-4-2/h36-39,45,47,56-59,62-65H,3-35,40-44,46,48-55H2,1-2H3,(H,61,66)/b38-36-,39-37+,47-45+. The SMILES string of the molecule is CCCCCCCCCCCCC/C=C\CCCCCCCCC(O)C(=O)NC(CO)C(O)C(O)CCC/C=C/CC/C=C/CCCCCCCCCCCCCCCCCCCCCC. The van der Waals surface area contributed by atoms with Crippen LogP contribution in [-0.2, 0) is 4.79 Å². The zero-order valence-electron chi connectivity index (χ0n) is 44.2. The third-order valence-electron chi connectivity index (χ3n) is 13.8. The number of carbonyl (C=O) groups excluding carboxylic acids is 1. The molecule has 0 spiro atoms. The zero-order chi connectivity index (χ0) is 48.1. The van der Waals surface area contributed by atoms with Crippen molar-refractivity contribution in [3.05, 3.63) is 36.5 Å². The molecule has 0 aliphatic rings. The number of carbonyl (C=O) groups is 1. The number of aliphatic hydroxyl groups is 4. The van der Waals surface area contributed by atoms with Gasteiger partial charge in [0.25, 0.3) is 0 Å². The lowest BCUT2D eigenvalue weighted by molar-refractivity contribution is -0.132. The van der Waals surface area contributed by atoms with E-state index in [-0.39, 0.29) is 0 Å². The fourth-order valence-electron chi connectivity index (χ4n) is 9.18. The molecule has 1 amide bonds. The normalized spacial score (nSPS) is 14.0. The molecule has 0 aromatic rings. The lowest BCUT2D eigenvalue weighted by Crippen LogP contribution is -2.53. The van der Waals surface area contributed by atoms with Crippen molar-refractivity contribution >= 4 is 5.91 Å². The Morgan fingerprint density at radius 3 is 0.955 bits per heavy atom. The molecule has 0 rings (SSSR count). The molecule has 5 N–H and O–H groups in total. The van der Waals surface area contributed by atoms with E-state index in [1.807, 2.05) is 0 Å². The number of hydrogen-bond donors (Lipinski definition) is 5. The van der Waals surface area contributed by atoms with Crippen molar-refractivity contribution in [1.82, 2.24) is 5.32 Å². The molecule has 4 atom stereocenters. The van der Waals surface area contributed by atoms with Gasteiger partial charge in [-0.2, -0.15) is 0 Å². The first kappa shape index (κ1) is 64.5. The Bertz CT molecular complexity index is 1040. The summed E-state index contributed by atoms with van der Waals surface area (Å²) < 4.78 is 0. The average Bonchev–Trinajstić information content (AvgIpc) is 3.32. The van der Waals surface area contributed by atoms with E-state index in [1.54, 1.807) is 0 Å². The Morgan fingerprint density at radius 2 is 0.636 bits per heavy atom. The van der Waals surface area contributed by atoms with E-state index in [9.17, 15) is 25.2 Å². The lowest BCUT2D eigenvalue weighted by atomic mass is 10.00. The summed E-state index contributed by atoms with van der Waals surface area (Å²) in [5, 5.41) is 44.0. The molecular formula is C60H115NO5. The summed E-state index contributed by atoms with van der Waals surface area (Å²) in [6, 6.07) is -1.01. The van der Waals surface area contributed by atoms with E-state index in [0.29, 0.717) is 19.3 Å². The second kappa shape index (κ2) is 54.5. The monoisotopic (exact) mass is 930 g/mol. The molecule has 0 aliphatic heterocycles. The van der Waals surface area contributed by atoms with Crippen molar-refractivity contribution in [2.45, 2.75) is 334 Å². The Balaban J connectivity index is 3.67. The summed E-state index contributed by atoms with van der Waals surface area (Å²) in [5.41, 5.74) is 0. The number of hydrogen-bond acceptors (Lipinski definition) is 5. The minimum atomic E-state index is -1.29. The van der Waals surface area contributed by atoms with Crippen molar-refractivity contribution < 1.29 is 25.2 Å². The second-order valence-electron chi connectivity index (χ2n) is 20.3. The first-order valence-electron chi connectivity index (χ1n) is 29.4. The molecule has 0 aromatic carbocycles. The number of unbranched alkanes of at least 4 members (excludes halogenated alkanes) is 39. The van der Waals surface area contributed by atoms with E-state index in [0.717, 1.165) is 51.4 Å². The molecule has 4 unspecified atom stereocenters. The number of rotatable bonds is 54. The van der Waals surface area contributed by atoms with Gasteiger partial charge in [-0.15, -0.1) is 0 Å². The van der Waals surface area contributed by atoms with E-state index in [4.69, 9.17) is 0 Å². The van der Waals surface area contributed by atoms with Crippen LogP contribution >= 0.6 is 0 Å². The maximum atomic E-state index is 12.6. The van der Waals surface area contributed by atoms with Gasteiger partial charge < -0.3 is 25.7 Å². The Labute approximate surface area is 411 Å². The van der Waals surface area contributed by atoms with Gasteiger partial charge in [-0.25, -0.2) is 0 Å². The summed E-state index contributed by atoms with van der Waals surface area (Å²) >= 11 is 0. The van der Waals surface area contributed by atoms with E-state index in [1.165, 1.54) is 225 Å². The average molecular weight is 931 g/mol. The van der Waals surface area contributed by atoms with Crippen LogP contribution in [0.5, 0.6) is 0 Å². The van der Waals surface area contributed by atoms with Crippen LogP contribution < -0.4 is 5.32 Å². The van der Waals surface area contributed by atoms with Crippen molar-refractivity contribution in [2.24, 2.45) is 0 Å². The molecule has 0 fully saturated rings. The van der Waals surface area contributed by atoms with E-state index >= 15 is 0 Å². The highest BCUT2D eigenvalue weighted by Crippen LogP contribution is 2.17. The fraction of sp³-hybridized carbons (Fsp3) is 0.883. The van der Waals surface area contributed by atoms with Gasteiger partial charge in [-0.05, 0) is 77.0 Å². The van der Waals surface area contributed by atoms with Crippen LogP contribution in [-0.4, -0.2) is 57.3 Å². The van der Waals surface area contributed by atoms with Gasteiger partial charge >= 0.3 is 0 Å². The van der Waals surface area contributed by atoms with Gasteiger partial charge in [-0.3, -0.25) is 4.79 Å². The number of allylic oxidation sites excluding steroid dienone is 6. The third kappa shape index (κ3) is 47.6. The quantitative estimate of drug-likeness (QED) is 0.0308. The van der Waals surface area contributed by atoms with Crippen LogP contribution in [0.15, 0.2) is 36.5 Å². The molecule has 6 heteroatoms. The van der Waals surface area contributed by atoms with Gasteiger partial charge in [0.2, 0.25) is 5.91 Å². The van der Waals surface area contributed by atoms with Crippen molar-refractivity contribution in [3.63, 3.8) is 0 Å². The molecule has 0 bridgehead atoms. The summed E-state index contributed by atoms with van der Waals surface area (Å²) in [6.07, 6.45) is 68.0. The molecule has 0 aliphatic carbocycles. The van der Waals surface area contributed by atoms with Crippen molar-refractivity contribution in [2.75, 3.05) is 6.61 Å². The number of aliphatic hydroxyl groups excluding tert-OH is 4. The molecule has 0 radical (unpaired) electrons. The second-order valence-corrected chi connectivity index (χ2v) is 20.3.